The van der Waals surface area contributed by atoms with Gasteiger partial charge in [-0.25, -0.2) is 4.79 Å². The normalized spacial score (nSPS) is 20.6. The second kappa shape index (κ2) is 7.53. The second-order valence-corrected chi connectivity index (χ2v) is 6.58. The van der Waals surface area contributed by atoms with Crippen molar-refractivity contribution in [2.45, 2.75) is 38.0 Å². The summed E-state index contributed by atoms with van der Waals surface area (Å²) in [5.74, 6) is 0.245. The Hall–Kier alpha value is -2.28. The van der Waals surface area contributed by atoms with Gasteiger partial charge in [-0.15, -0.1) is 0 Å². The third kappa shape index (κ3) is 4.27. The standard InChI is InChI=1S/C19H22F3NO3/c1-12(2)13-5-4-6-14(9-13)16-8-7-15(19(20,21)22)10-18(16,26-3)11-23-17(24)25/h4-9,12,23H,10-11H2,1-3H3,(H,24,25). The van der Waals surface area contributed by atoms with Gasteiger partial charge in [-0.3, -0.25) is 0 Å². The third-order valence-electron chi connectivity index (χ3n) is 4.56. The zero-order valence-corrected chi connectivity index (χ0v) is 14.9. The molecule has 1 aliphatic carbocycles. The van der Waals surface area contributed by atoms with Crippen LogP contribution in [0.25, 0.3) is 5.57 Å². The lowest BCUT2D eigenvalue weighted by molar-refractivity contribution is -0.101. The number of hydrogen-bond donors (Lipinski definition) is 2. The van der Waals surface area contributed by atoms with Crippen molar-refractivity contribution in [3.63, 3.8) is 0 Å². The molecule has 1 amide bonds. The lowest BCUT2D eigenvalue weighted by Gasteiger charge is -2.38. The largest absolute Gasteiger partial charge is 0.465 e. The van der Waals surface area contributed by atoms with E-state index in [-0.39, 0.29) is 12.5 Å². The number of rotatable bonds is 5. The Morgan fingerprint density at radius 1 is 1.35 bits per heavy atom. The van der Waals surface area contributed by atoms with E-state index in [1.165, 1.54) is 13.2 Å². The van der Waals surface area contributed by atoms with Crippen molar-refractivity contribution in [2.75, 3.05) is 13.7 Å². The molecule has 0 fully saturated rings. The molecule has 1 atom stereocenters. The maximum absolute atomic E-state index is 13.2. The van der Waals surface area contributed by atoms with Crippen LogP contribution in [0.3, 0.4) is 0 Å². The van der Waals surface area contributed by atoms with E-state index in [9.17, 15) is 18.0 Å². The maximum atomic E-state index is 13.2. The third-order valence-corrected chi connectivity index (χ3v) is 4.56. The van der Waals surface area contributed by atoms with Gasteiger partial charge in [0.2, 0.25) is 0 Å². The molecule has 0 bridgehead atoms. The van der Waals surface area contributed by atoms with Gasteiger partial charge in [0, 0.05) is 19.1 Å². The molecule has 0 saturated heterocycles. The van der Waals surface area contributed by atoms with E-state index in [2.05, 4.69) is 5.32 Å². The molecule has 4 nitrogen and oxygen atoms in total. The van der Waals surface area contributed by atoms with Gasteiger partial charge in [0.25, 0.3) is 0 Å². The summed E-state index contributed by atoms with van der Waals surface area (Å²) in [6.45, 7) is 3.75. The molecule has 1 aliphatic rings. The molecule has 1 unspecified atom stereocenters. The lowest BCUT2D eigenvalue weighted by Crippen LogP contribution is -2.47. The first-order valence-corrected chi connectivity index (χ1v) is 8.20. The Balaban J connectivity index is 2.56. The molecular weight excluding hydrogens is 347 g/mol. The topological polar surface area (TPSA) is 58.6 Å². The predicted molar refractivity (Wildman–Crippen MR) is 93.0 cm³/mol. The first-order chi connectivity index (χ1) is 12.1. The Bertz CT molecular complexity index is 738. The smallest absolute Gasteiger partial charge is 0.412 e. The van der Waals surface area contributed by atoms with E-state index in [0.29, 0.717) is 11.1 Å². The summed E-state index contributed by atoms with van der Waals surface area (Å²) < 4.78 is 45.2. The van der Waals surface area contributed by atoms with Crippen LogP contribution in [-0.4, -0.2) is 36.6 Å². The first-order valence-electron chi connectivity index (χ1n) is 8.20. The van der Waals surface area contributed by atoms with E-state index in [4.69, 9.17) is 9.84 Å². The molecule has 26 heavy (non-hydrogen) atoms. The molecule has 1 aromatic rings. The van der Waals surface area contributed by atoms with Crippen LogP contribution in [0.15, 0.2) is 42.0 Å². The molecule has 0 spiro atoms. The van der Waals surface area contributed by atoms with Crippen LogP contribution >= 0.6 is 0 Å². The fourth-order valence-corrected chi connectivity index (χ4v) is 3.05. The molecule has 0 heterocycles. The zero-order chi connectivity index (χ0) is 19.5. The van der Waals surface area contributed by atoms with Crippen LogP contribution in [-0.2, 0) is 4.74 Å². The fraction of sp³-hybridized carbons (Fsp3) is 0.421. The highest BCUT2D eigenvalue weighted by atomic mass is 19.4. The number of nitrogens with one attached hydrogen (secondary N) is 1. The highest BCUT2D eigenvalue weighted by Gasteiger charge is 2.45. The average Bonchev–Trinajstić information content (AvgIpc) is 2.59. The van der Waals surface area contributed by atoms with Crippen LogP contribution in [0.1, 0.15) is 37.3 Å². The number of hydrogen-bond acceptors (Lipinski definition) is 2. The number of allylic oxidation sites excluding steroid dienone is 2. The minimum atomic E-state index is -4.51. The summed E-state index contributed by atoms with van der Waals surface area (Å²) in [6.07, 6.45) is -3.88. The molecule has 1 aromatic carbocycles. The minimum Gasteiger partial charge on any atom is -0.465 e. The number of halogens is 3. The van der Waals surface area contributed by atoms with Crippen molar-refractivity contribution in [3.05, 3.63) is 53.1 Å². The molecular formula is C19H22F3NO3. The molecule has 0 aliphatic heterocycles. The molecule has 0 aromatic heterocycles. The number of carbonyl (C=O) groups is 1. The van der Waals surface area contributed by atoms with Crippen LogP contribution in [0.4, 0.5) is 18.0 Å². The fourth-order valence-electron chi connectivity index (χ4n) is 3.05. The van der Waals surface area contributed by atoms with Gasteiger partial charge in [-0.05, 0) is 22.6 Å². The quantitative estimate of drug-likeness (QED) is 0.788. The van der Waals surface area contributed by atoms with Crippen molar-refractivity contribution < 1.29 is 27.8 Å². The van der Waals surface area contributed by atoms with Gasteiger partial charge >= 0.3 is 12.3 Å². The molecule has 0 radical (unpaired) electrons. The van der Waals surface area contributed by atoms with Gasteiger partial charge in [0.15, 0.2) is 0 Å². The number of amides is 1. The van der Waals surface area contributed by atoms with Gasteiger partial charge < -0.3 is 15.2 Å². The summed E-state index contributed by atoms with van der Waals surface area (Å²) in [5, 5.41) is 11.1. The number of benzene rings is 1. The van der Waals surface area contributed by atoms with Crippen molar-refractivity contribution in [3.8, 4) is 0 Å². The molecule has 142 valence electrons. The summed E-state index contributed by atoms with van der Waals surface area (Å²) in [6, 6.07) is 7.47. The highest BCUT2D eigenvalue weighted by Crippen LogP contribution is 2.43. The van der Waals surface area contributed by atoms with E-state index in [0.717, 1.165) is 11.6 Å². The minimum absolute atomic E-state index is 0.245. The summed E-state index contributed by atoms with van der Waals surface area (Å²) in [5.41, 5.74) is 0.0700. The first kappa shape index (κ1) is 20.0. The van der Waals surface area contributed by atoms with Crippen LogP contribution < -0.4 is 5.32 Å². The number of ether oxygens (including phenoxy) is 1. The highest BCUT2D eigenvalue weighted by molar-refractivity contribution is 5.77. The molecule has 2 rings (SSSR count). The van der Waals surface area contributed by atoms with Crippen LogP contribution in [0.5, 0.6) is 0 Å². The van der Waals surface area contributed by atoms with Gasteiger partial charge in [-0.2, -0.15) is 13.2 Å². The number of methoxy groups -OCH3 is 1. The van der Waals surface area contributed by atoms with Crippen molar-refractivity contribution in [1.82, 2.24) is 5.32 Å². The molecule has 2 N–H and O–H groups in total. The zero-order valence-electron chi connectivity index (χ0n) is 14.9. The van der Waals surface area contributed by atoms with E-state index in [1.54, 1.807) is 6.07 Å². The van der Waals surface area contributed by atoms with Crippen molar-refractivity contribution in [1.29, 1.82) is 0 Å². The van der Waals surface area contributed by atoms with E-state index >= 15 is 0 Å². The van der Waals surface area contributed by atoms with Crippen molar-refractivity contribution >= 4 is 11.7 Å². The summed E-state index contributed by atoms with van der Waals surface area (Å²) in [4.78, 5) is 10.9. The van der Waals surface area contributed by atoms with Gasteiger partial charge in [0.05, 0.1) is 6.54 Å². The summed E-state index contributed by atoms with van der Waals surface area (Å²) >= 11 is 0. The monoisotopic (exact) mass is 369 g/mol. The Kier molecular flexibility index (Phi) is 5.81. The number of alkyl halides is 3. The van der Waals surface area contributed by atoms with Crippen molar-refractivity contribution in [2.24, 2.45) is 0 Å². The Morgan fingerprint density at radius 2 is 2.04 bits per heavy atom. The lowest BCUT2D eigenvalue weighted by atomic mass is 9.78. The second-order valence-electron chi connectivity index (χ2n) is 6.58. The van der Waals surface area contributed by atoms with Gasteiger partial charge in [-0.1, -0.05) is 50.3 Å². The van der Waals surface area contributed by atoms with Crippen LogP contribution in [0.2, 0.25) is 0 Å². The Labute approximate surface area is 150 Å². The average molecular weight is 369 g/mol. The van der Waals surface area contributed by atoms with Crippen LogP contribution in [0, 0.1) is 0 Å². The predicted octanol–water partition coefficient (Wildman–Crippen LogP) is 4.74. The van der Waals surface area contributed by atoms with E-state index in [1.807, 2.05) is 32.0 Å². The SMILES string of the molecule is COC1(CNC(=O)O)CC(C(F)(F)F)=CC=C1c1cccc(C(C)C)c1. The number of carboxylic acid groups (broad SMARTS) is 1. The Morgan fingerprint density at radius 3 is 2.58 bits per heavy atom. The van der Waals surface area contributed by atoms with Gasteiger partial charge in [0.1, 0.15) is 5.60 Å². The molecule has 0 saturated carbocycles. The summed E-state index contributed by atoms with van der Waals surface area (Å²) in [7, 11) is 1.29. The molecule has 7 heteroatoms. The van der Waals surface area contributed by atoms with E-state index < -0.39 is 29.9 Å². The maximum Gasteiger partial charge on any atom is 0.412 e.